The van der Waals surface area contributed by atoms with Crippen molar-refractivity contribution in [2.75, 3.05) is 0 Å². The molecular formula is C9H8N2O2. The summed E-state index contributed by atoms with van der Waals surface area (Å²) >= 11 is 0. The molecule has 1 aromatic rings. The monoisotopic (exact) mass is 176 g/mol. The number of carboxylic acid groups (broad SMARTS) is 1. The second-order valence-electron chi connectivity index (χ2n) is 2.54. The lowest BCUT2D eigenvalue weighted by Gasteiger charge is -2.03. The van der Waals surface area contributed by atoms with E-state index < -0.39 is 5.97 Å². The van der Waals surface area contributed by atoms with E-state index in [-0.39, 0.29) is 12.1 Å². The molecule has 0 aliphatic rings. The fraction of sp³-hybridized carbons (Fsp3) is 0.111. The molecule has 0 fully saturated rings. The van der Waals surface area contributed by atoms with Crippen LogP contribution < -0.4 is 0 Å². The highest BCUT2D eigenvalue weighted by Crippen LogP contribution is 2.04. The fourth-order valence-corrected chi connectivity index (χ4v) is 0.927. The molecule has 0 aliphatic carbocycles. The maximum atomic E-state index is 10.4. The number of rotatable bonds is 3. The average Bonchev–Trinajstić information content (AvgIpc) is 2.51. The second-order valence-corrected chi connectivity index (χ2v) is 2.54. The van der Waals surface area contributed by atoms with Gasteiger partial charge in [-0.15, -0.1) is 0 Å². The van der Waals surface area contributed by atoms with Crippen LogP contribution in [0.25, 0.3) is 0 Å². The largest absolute Gasteiger partial charge is 0.478 e. The van der Waals surface area contributed by atoms with Crippen molar-refractivity contribution in [3.63, 3.8) is 0 Å². The number of nitrogens with zero attached hydrogens (tertiary/aromatic N) is 2. The highest BCUT2D eigenvalue weighted by molar-refractivity contribution is 5.85. The molecule has 1 rings (SSSR count). The lowest BCUT2D eigenvalue weighted by molar-refractivity contribution is -0.132. The smallest absolute Gasteiger partial charge is 0.332 e. The summed E-state index contributed by atoms with van der Waals surface area (Å²) in [5.41, 5.74) is 0.495. The van der Waals surface area contributed by atoms with Crippen LogP contribution in [0.1, 0.15) is 5.69 Å². The predicted octanol–water partition coefficient (Wildman–Crippen LogP) is 1.00. The molecule has 0 saturated heterocycles. The second kappa shape index (κ2) is 3.59. The summed E-state index contributed by atoms with van der Waals surface area (Å²) in [5, 5.41) is 17.2. The van der Waals surface area contributed by atoms with Crippen LogP contribution in [-0.2, 0) is 11.3 Å². The van der Waals surface area contributed by atoms with Crippen molar-refractivity contribution in [2.45, 2.75) is 6.54 Å². The normalized spacial score (nSPS) is 9.15. The Kier molecular flexibility index (Phi) is 2.50. The van der Waals surface area contributed by atoms with E-state index >= 15 is 0 Å². The number of hydrogen-bond acceptors (Lipinski definition) is 2. The van der Waals surface area contributed by atoms with Gasteiger partial charge in [0.25, 0.3) is 0 Å². The van der Waals surface area contributed by atoms with Crippen molar-refractivity contribution >= 4 is 5.97 Å². The standard InChI is InChI=1S/C9H8N2O2/c1-7(9(12)13)6-11-4-2-3-8(11)5-10/h2-4H,1,6H2,(H,12,13). The van der Waals surface area contributed by atoms with Crippen LogP contribution in [0.5, 0.6) is 0 Å². The molecule has 0 amide bonds. The van der Waals surface area contributed by atoms with Crippen LogP contribution in [0, 0.1) is 11.3 Å². The van der Waals surface area contributed by atoms with Crippen LogP contribution in [0.3, 0.4) is 0 Å². The van der Waals surface area contributed by atoms with Crippen LogP contribution in [0.4, 0.5) is 0 Å². The third kappa shape index (κ3) is 1.97. The molecule has 0 radical (unpaired) electrons. The first-order chi connectivity index (χ1) is 6.15. The Hall–Kier alpha value is -2.02. The van der Waals surface area contributed by atoms with Gasteiger partial charge >= 0.3 is 5.97 Å². The zero-order valence-electron chi connectivity index (χ0n) is 6.90. The highest BCUT2D eigenvalue weighted by Gasteiger charge is 2.06. The average molecular weight is 176 g/mol. The Morgan fingerprint density at radius 2 is 2.46 bits per heavy atom. The van der Waals surface area contributed by atoms with Gasteiger partial charge in [0.1, 0.15) is 11.8 Å². The van der Waals surface area contributed by atoms with Crippen molar-refractivity contribution < 1.29 is 9.90 Å². The van der Waals surface area contributed by atoms with Gasteiger partial charge in [-0.25, -0.2) is 4.79 Å². The topological polar surface area (TPSA) is 66.0 Å². The number of aromatic nitrogens is 1. The van der Waals surface area contributed by atoms with Crippen LogP contribution >= 0.6 is 0 Å². The van der Waals surface area contributed by atoms with Gasteiger partial charge in [-0.2, -0.15) is 5.26 Å². The van der Waals surface area contributed by atoms with E-state index in [1.165, 1.54) is 4.57 Å². The van der Waals surface area contributed by atoms with Gasteiger partial charge in [-0.1, -0.05) is 6.58 Å². The Labute approximate surface area is 75.3 Å². The molecular weight excluding hydrogens is 168 g/mol. The van der Waals surface area contributed by atoms with Crippen molar-refractivity contribution in [2.24, 2.45) is 0 Å². The molecule has 1 heterocycles. The summed E-state index contributed by atoms with van der Waals surface area (Å²) in [4.78, 5) is 10.4. The molecule has 0 saturated carbocycles. The van der Waals surface area contributed by atoms with Crippen LogP contribution in [-0.4, -0.2) is 15.6 Å². The zero-order chi connectivity index (χ0) is 9.84. The summed E-state index contributed by atoms with van der Waals surface area (Å²) < 4.78 is 1.54. The lowest BCUT2D eigenvalue weighted by atomic mass is 10.3. The number of nitriles is 1. The van der Waals surface area contributed by atoms with Gasteiger partial charge < -0.3 is 9.67 Å². The van der Waals surface area contributed by atoms with Gasteiger partial charge in [0.15, 0.2) is 0 Å². The van der Waals surface area contributed by atoms with Gasteiger partial charge in [0, 0.05) is 11.8 Å². The summed E-state index contributed by atoms with van der Waals surface area (Å²) in [5.74, 6) is -1.04. The summed E-state index contributed by atoms with van der Waals surface area (Å²) in [6.07, 6.45) is 1.65. The Morgan fingerprint density at radius 1 is 1.77 bits per heavy atom. The first-order valence-electron chi connectivity index (χ1n) is 3.61. The first-order valence-corrected chi connectivity index (χ1v) is 3.61. The van der Waals surface area contributed by atoms with Gasteiger partial charge in [0.2, 0.25) is 0 Å². The Bertz CT molecular complexity index is 385. The van der Waals surface area contributed by atoms with Crippen molar-refractivity contribution in [1.29, 1.82) is 5.26 Å². The Balaban J connectivity index is 2.81. The molecule has 0 aliphatic heterocycles. The number of carboxylic acids is 1. The minimum Gasteiger partial charge on any atom is -0.478 e. The van der Waals surface area contributed by atoms with E-state index in [9.17, 15) is 4.79 Å². The predicted molar refractivity (Wildman–Crippen MR) is 45.9 cm³/mol. The van der Waals surface area contributed by atoms with Crippen molar-refractivity contribution in [3.05, 3.63) is 36.2 Å². The molecule has 0 spiro atoms. The maximum absolute atomic E-state index is 10.4. The highest BCUT2D eigenvalue weighted by atomic mass is 16.4. The molecule has 1 N–H and O–H groups in total. The molecule has 0 atom stereocenters. The van der Waals surface area contributed by atoms with E-state index in [0.29, 0.717) is 5.69 Å². The fourth-order valence-electron chi connectivity index (χ4n) is 0.927. The van der Waals surface area contributed by atoms with Gasteiger partial charge in [0.05, 0.1) is 6.54 Å². The third-order valence-corrected chi connectivity index (χ3v) is 1.61. The maximum Gasteiger partial charge on any atom is 0.332 e. The van der Waals surface area contributed by atoms with E-state index in [2.05, 4.69) is 6.58 Å². The molecule has 0 unspecified atom stereocenters. The number of carbonyl (C=O) groups is 1. The SMILES string of the molecule is C=C(Cn1cccc1C#N)C(=O)O. The quantitative estimate of drug-likeness (QED) is 0.698. The van der Waals surface area contributed by atoms with Crippen LogP contribution in [0.2, 0.25) is 0 Å². The van der Waals surface area contributed by atoms with E-state index in [4.69, 9.17) is 10.4 Å². The molecule has 0 bridgehead atoms. The summed E-state index contributed by atoms with van der Waals surface area (Å²) in [6, 6.07) is 5.26. The van der Waals surface area contributed by atoms with Crippen LogP contribution in [0.15, 0.2) is 30.5 Å². The number of hydrogen-bond donors (Lipinski definition) is 1. The first kappa shape index (κ1) is 9.07. The third-order valence-electron chi connectivity index (χ3n) is 1.61. The molecule has 13 heavy (non-hydrogen) atoms. The van der Waals surface area contributed by atoms with E-state index in [0.717, 1.165) is 0 Å². The lowest BCUT2D eigenvalue weighted by Crippen LogP contribution is -2.08. The van der Waals surface area contributed by atoms with Gasteiger partial charge in [-0.05, 0) is 12.1 Å². The Morgan fingerprint density at radius 3 is 3.00 bits per heavy atom. The van der Waals surface area contributed by atoms with E-state index in [1.807, 2.05) is 6.07 Å². The molecule has 1 aromatic heterocycles. The zero-order valence-corrected chi connectivity index (χ0v) is 6.90. The minimum absolute atomic E-state index is 0.0627. The molecule has 4 nitrogen and oxygen atoms in total. The molecule has 0 aromatic carbocycles. The number of aliphatic carboxylic acids is 1. The van der Waals surface area contributed by atoms with Crippen molar-refractivity contribution in [3.8, 4) is 6.07 Å². The minimum atomic E-state index is -1.04. The molecule has 4 heteroatoms. The summed E-state index contributed by atoms with van der Waals surface area (Å²) in [6.45, 7) is 3.52. The van der Waals surface area contributed by atoms with Crippen molar-refractivity contribution in [1.82, 2.24) is 4.57 Å². The molecule has 66 valence electrons. The van der Waals surface area contributed by atoms with Gasteiger partial charge in [-0.3, -0.25) is 0 Å². The van der Waals surface area contributed by atoms with E-state index in [1.54, 1.807) is 18.3 Å². The summed E-state index contributed by atoms with van der Waals surface area (Å²) in [7, 11) is 0.